The molecule has 20 heavy (non-hydrogen) atoms. The molecule has 0 amide bonds. The van der Waals surface area contributed by atoms with Gasteiger partial charge in [-0.2, -0.15) is 4.39 Å². The Morgan fingerprint density at radius 2 is 2.10 bits per heavy atom. The highest BCUT2D eigenvalue weighted by atomic mass is 19.1. The predicted octanol–water partition coefficient (Wildman–Crippen LogP) is -0.955. The number of rotatable bonds is 2. The SMILES string of the molecule is C[C@]1(O)[C@@H](CO)O[C@@H](n2cc(F)c(=O)[nH]c2=O)[C@]1(C)F. The second kappa shape index (κ2) is 4.47. The molecule has 2 heterocycles. The Hall–Kier alpha value is -1.58. The van der Waals surface area contributed by atoms with Crippen LogP contribution in [0.15, 0.2) is 15.8 Å². The van der Waals surface area contributed by atoms with Crippen LogP contribution in [0.1, 0.15) is 20.1 Å². The topological polar surface area (TPSA) is 105 Å². The molecule has 0 aliphatic carbocycles. The Balaban J connectivity index is 2.57. The Morgan fingerprint density at radius 1 is 1.50 bits per heavy atom. The third-order valence-electron chi connectivity index (χ3n) is 3.72. The third kappa shape index (κ3) is 1.89. The number of nitrogens with one attached hydrogen (secondary N) is 1. The molecule has 112 valence electrons. The van der Waals surface area contributed by atoms with Gasteiger partial charge in [-0.3, -0.25) is 14.3 Å². The number of alkyl halides is 1. The maximum atomic E-state index is 14.7. The van der Waals surface area contributed by atoms with E-state index in [1.807, 2.05) is 0 Å². The van der Waals surface area contributed by atoms with Crippen molar-refractivity contribution in [2.45, 2.75) is 37.4 Å². The molecular weight excluding hydrogens is 278 g/mol. The molecule has 1 saturated heterocycles. The van der Waals surface area contributed by atoms with Crippen LogP contribution in [0.25, 0.3) is 0 Å². The first-order chi connectivity index (χ1) is 9.12. The van der Waals surface area contributed by atoms with Crippen LogP contribution in [0.3, 0.4) is 0 Å². The van der Waals surface area contributed by atoms with E-state index in [1.165, 1.54) is 0 Å². The van der Waals surface area contributed by atoms with Crippen molar-refractivity contribution >= 4 is 0 Å². The highest BCUT2D eigenvalue weighted by molar-refractivity contribution is 5.09. The monoisotopic (exact) mass is 292 g/mol. The smallest absolute Gasteiger partial charge is 0.330 e. The molecule has 3 N–H and O–H groups in total. The van der Waals surface area contributed by atoms with Crippen LogP contribution in [0, 0.1) is 5.82 Å². The van der Waals surface area contributed by atoms with Crippen molar-refractivity contribution in [3.8, 4) is 0 Å². The van der Waals surface area contributed by atoms with Crippen LogP contribution in [0.4, 0.5) is 8.78 Å². The molecule has 1 fully saturated rings. The summed E-state index contributed by atoms with van der Waals surface area (Å²) in [7, 11) is 0. The number of hydrogen-bond donors (Lipinski definition) is 3. The lowest BCUT2D eigenvalue weighted by atomic mass is 9.85. The summed E-state index contributed by atoms with van der Waals surface area (Å²) in [6, 6.07) is 0. The molecule has 2 rings (SSSR count). The fraction of sp³-hybridized carbons (Fsp3) is 0.636. The molecule has 0 spiro atoms. The molecule has 0 saturated carbocycles. The van der Waals surface area contributed by atoms with Gasteiger partial charge in [-0.25, -0.2) is 9.18 Å². The van der Waals surface area contributed by atoms with E-state index in [0.717, 1.165) is 13.8 Å². The van der Waals surface area contributed by atoms with Gasteiger partial charge >= 0.3 is 5.69 Å². The summed E-state index contributed by atoms with van der Waals surface area (Å²) >= 11 is 0. The van der Waals surface area contributed by atoms with E-state index in [-0.39, 0.29) is 0 Å². The van der Waals surface area contributed by atoms with Gasteiger partial charge in [0.15, 0.2) is 11.9 Å². The lowest BCUT2D eigenvalue weighted by Crippen LogP contribution is -2.52. The summed E-state index contributed by atoms with van der Waals surface area (Å²) in [6.07, 6.45) is -2.49. The van der Waals surface area contributed by atoms with Gasteiger partial charge in [-0.15, -0.1) is 0 Å². The van der Waals surface area contributed by atoms with Crippen molar-refractivity contribution < 1.29 is 23.7 Å². The summed E-state index contributed by atoms with van der Waals surface area (Å²) in [5.74, 6) is -1.30. The summed E-state index contributed by atoms with van der Waals surface area (Å²) in [5, 5.41) is 19.2. The zero-order valence-corrected chi connectivity index (χ0v) is 10.8. The van der Waals surface area contributed by atoms with Gasteiger partial charge in [0, 0.05) is 0 Å². The second-order valence-electron chi connectivity index (χ2n) is 5.03. The lowest BCUT2D eigenvalue weighted by molar-refractivity contribution is -0.0892. The average Bonchev–Trinajstić information content (AvgIpc) is 2.52. The molecule has 1 aliphatic rings. The number of ether oxygens (including phenoxy) is 1. The fourth-order valence-electron chi connectivity index (χ4n) is 2.16. The molecule has 0 unspecified atom stereocenters. The first kappa shape index (κ1) is 14.8. The summed E-state index contributed by atoms with van der Waals surface area (Å²) < 4.78 is 33.6. The molecule has 0 bridgehead atoms. The van der Waals surface area contributed by atoms with Crippen molar-refractivity contribution in [2.75, 3.05) is 6.61 Å². The van der Waals surface area contributed by atoms with E-state index in [4.69, 9.17) is 9.84 Å². The Kier molecular flexibility index (Phi) is 3.31. The fourth-order valence-corrected chi connectivity index (χ4v) is 2.16. The number of aromatic amines is 1. The molecule has 0 radical (unpaired) electrons. The highest BCUT2D eigenvalue weighted by Gasteiger charge is 2.63. The van der Waals surface area contributed by atoms with Gasteiger partial charge in [0.05, 0.1) is 12.8 Å². The summed E-state index contributed by atoms with van der Waals surface area (Å²) in [4.78, 5) is 24.2. The molecule has 4 atom stereocenters. The van der Waals surface area contributed by atoms with Crippen molar-refractivity contribution in [2.24, 2.45) is 0 Å². The lowest BCUT2D eigenvalue weighted by Gasteiger charge is -2.32. The molecule has 7 nitrogen and oxygen atoms in total. The number of halogens is 2. The van der Waals surface area contributed by atoms with Gasteiger partial charge in [-0.05, 0) is 13.8 Å². The van der Waals surface area contributed by atoms with E-state index in [2.05, 4.69) is 0 Å². The zero-order chi connectivity index (χ0) is 15.3. The van der Waals surface area contributed by atoms with E-state index >= 15 is 0 Å². The van der Waals surface area contributed by atoms with Crippen molar-refractivity contribution in [3.63, 3.8) is 0 Å². The first-order valence-electron chi connectivity index (χ1n) is 5.81. The predicted molar refractivity (Wildman–Crippen MR) is 62.4 cm³/mol. The summed E-state index contributed by atoms with van der Waals surface area (Å²) in [5.41, 5.74) is -6.91. The van der Waals surface area contributed by atoms with E-state index < -0.39 is 47.3 Å². The average molecular weight is 292 g/mol. The van der Waals surface area contributed by atoms with Crippen molar-refractivity contribution in [3.05, 3.63) is 32.9 Å². The Bertz CT molecular complexity index is 636. The second-order valence-corrected chi connectivity index (χ2v) is 5.03. The minimum absolute atomic E-state index is 0.500. The highest BCUT2D eigenvalue weighted by Crippen LogP contribution is 2.47. The van der Waals surface area contributed by atoms with E-state index in [0.29, 0.717) is 10.8 Å². The van der Waals surface area contributed by atoms with Crippen molar-refractivity contribution in [1.29, 1.82) is 0 Å². The normalized spacial score (nSPS) is 37.3. The van der Waals surface area contributed by atoms with Crippen LogP contribution in [-0.2, 0) is 4.74 Å². The maximum Gasteiger partial charge on any atom is 0.330 e. The van der Waals surface area contributed by atoms with Crippen molar-refractivity contribution in [1.82, 2.24) is 9.55 Å². The minimum Gasteiger partial charge on any atom is -0.394 e. The van der Waals surface area contributed by atoms with E-state index in [9.17, 15) is 23.5 Å². The van der Waals surface area contributed by atoms with Gasteiger partial charge < -0.3 is 14.9 Å². The van der Waals surface area contributed by atoms with Gasteiger partial charge in [-0.1, -0.05) is 0 Å². The third-order valence-corrected chi connectivity index (χ3v) is 3.72. The minimum atomic E-state index is -2.49. The number of nitrogens with zero attached hydrogens (tertiary/aromatic N) is 1. The van der Waals surface area contributed by atoms with Crippen LogP contribution in [0.5, 0.6) is 0 Å². The largest absolute Gasteiger partial charge is 0.394 e. The van der Waals surface area contributed by atoms with Gasteiger partial charge in [0.1, 0.15) is 11.7 Å². The number of aromatic nitrogens is 2. The van der Waals surface area contributed by atoms with Crippen LogP contribution < -0.4 is 11.2 Å². The number of aliphatic hydroxyl groups excluding tert-OH is 1. The number of H-pyrrole nitrogens is 1. The first-order valence-corrected chi connectivity index (χ1v) is 5.81. The Labute approximate surface area is 111 Å². The molecular formula is C11H14F2N2O5. The van der Waals surface area contributed by atoms with Crippen LogP contribution >= 0.6 is 0 Å². The quantitative estimate of drug-likeness (QED) is 0.651. The summed E-state index contributed by atoms with van der Waals surface area (Å²) in [6.45, 7) is 1.37. The van der Waals surface area contributed by atoms with Crippen LogP contribution in [0.2, 0.25) is 0 Å². The molecule has 0 aromatic carbocycles. The maximum absolute atomic E-state index is 14.7. The van der Waals surface area contributed by atoms with Gasteiger partial charge in [0.25, 0.3) is 5.56 Å². The number of hydrogen-bond acceptors (Lipinski definition) is 5. The Morgan fingerprint density at radius 3 is 2.60 bits per heavy atom. The molecule has 9 heteroatoms. The molecule has 1 aromatic heterocycles. The molecule has 1 aliphatic heterocycles. The van der Waals surface area contributed by atoms with Gasteiger partial charge in [0.2, 0.25) is 5.82 Å². The number of aliphatic hydroxyl groups is 2. The van der Waals surface area contributed by atoms with Crippen LogP contribution in [-0.4, -0.2) is 43.7 Å². The molecule has 1 aromatic rings. The zero-order valence-electron chi connectivity index (χ0n) is 10.8. The van der Waals surface area contributed by atoms with E-state index in [1.54, 1.807) is 4.98 Å². The standard InChI is InChI=1S/C11H14F2N2O5/c1-10(13)8(20-6(4-16)11(10,2)19)15-3-5(12)7(17)14-9(15)18/h3,6,8,16,19H,4H2,1-2H3,(H,14,17,18)/t6-,8-,10+,11+/m1/s1.